The number of anilines is 2. The minimum atomic E-state index is -0.916. The van der Waals surface area contributed by atoms with Crippen LogP contribution >= 0.6 is 0 Å². The third-order valence-electron chi connectivity index (χ3n) is 7.58. The number of aryl methyl sites for hydroxylation is 1. The topological polar surface area (TPSA) is 126 Å². The SMILES string of the molecule is CCC[C@@H](NC(=O)N1C(=O)[C@H](Cc2ccnc(N)c2)[C@H]1C(=O)N(C)c1ccnn1C)C1CCCCC1. The second-order valence-electron chi connectivity index (χ2n) is 10.0. The molecule has 2 aliphatic rings. The molecular weight excluding hydrogens is 458 g/mol. The van der Waals surface area contributed by atoms with Crippen LogP contribution in [0.15, 0.2) is 30.6 Å². The molecule has 194 valence electrons. The lowest BCUT2D eigenvalue weighted by atomic mass is 9.81. The van der Waals surface area contributed by atoms with Gasteiger partial charge in [0.2, 0.25) is 5.91 Å². The van der Waals surface area contributed by atoms with Crippen LogP contribution in [-0.4, -0.2) is 56.6 Å². The second kappa shape index (κ2) is 11.1. The molecule has 4 rings (SSSR count). The van der Waals surface area contributed by atoms with Crippen LogP contribution in [0.3, 0.4) is 0 Å². The van der Waals surface area contributed by atoms with Gasteiger partial charge in [0.15, 0.2) is 0 Å². The summed E-state index contributed by atoms with van der Waals surface area (Å²) < 4.78 is 1.59. The number of urea groups is 1. The maximum absolute atomic E-state index is 13.7. The van der Waals surface area contributed by atoms with Crippen LogP contribution in [0.2, 0.25) is 0 Å². The normalized spacial score (nSPS) is 21.1. The highest BCUT2D eigenvalue weighted by atomic mass is 16.2. The van der Waals surface area contributed by atoms with Crippen molar-refractivity contribution >= 4 is 29.5 Å². The molecule has 1 aliphatic carbocycles. The quantitative estimate of drug-likeness (QED) is 0.542. The predicted octanol–water partition coefficient (Wildman–Crippen LogP) is 2.89. The van der Waals surface area contributed by atoms with Crippen molar-refractivity contribution in [3.63, 3.8) is 0 Å². The van der Waals surface area contributed by atoms with Gasteiger partial charge in [-0.15, -0.1) is 0 Å². The van der Waals surface area contributed by atoms with Gasteiger partial charge in [-0.05, 0) is 49.3 Å². The standard InChI is InChI=1S/C26H37N7O3/c1-4-8-20(18-9-6-5-7-10-18)30-26(36)33-23(25(35)31(2)22-12-14-29-32(22)3)19(24(33)34)15-17-11-13-28-21(27)16-17/h11-14,16,18-20,23H,4-10,15H2,1-3H3,(H2,27,28)(H,30,36)/t19-,20-,23+/m1/s1. The summed E-state index contributed by atoms with van der Waals surface area (Å²) in [5.41, 5.74) is 6.63. The molecule has 2 fully saturated rings. The van der Waals surface area contributed by atoms with E-state index in [-0.39, 0.29) is 17.9 Å². The van der Waals surface area contributed by atoms with E-state index in [9.17, 15) is 14.4 Å². The van der Waals surface area contributed by atoms with E-state index in [2.05, 4.69) is 22.3 Å². The van der Waals surface area contributed by atoms with Gasteiger partial charge >= 0.3 is 6.03 Å². The molecule has 10 nitrogen and oxygen atoms in total. The van der Waals surface area contributed by atoms with Gasteiger partial charge in [-0.2, -0.15) is 5.10 Å². The molecule has 1 saturated heterocycles. The molecule has 1 saturated carbocycles. The van der Waals surface area contributed by atoms with E-state index in [4.69, 9.17) is 5.73 Å². The number of carbonyl (C=O) groups is 3. The Balaban J connectivity index is 1.57. The Kier molecular flexibility index (Phi) is 7.91. The van der Waals surface area contributed by atoms with Crippen LogP contribution in [0.4, 0.5) is 16.4 Å². The molecule has 0 spiro atoms. The van der Waals surface area contributed by atoms with E-state index in [1.165, 1.54) is 11.3 Å². The summed E-state index contributed by atoms with van der Waals surface area (Å²) in [7, 11) is 3.38. The molecule has 3 heterocycles. The minimum Gasteiger partial charge on any atom is -0.384 e. The summed E-state index contributed by atoms with van der Waals surface area (Å²) >= 11 is 0. The zero-order valence-corrected chi connectivity index (χ0v) is 21.4. The lowest BCUT2D eigenvalue weighted by Gasteiger charge is -2.46. The van der Waals surface area contributed by atoms with E-state index in [1.807, 2.05) is 0 Å². The van der Waals surface area contributed by atoms with Crippen LogP contribution in [0.1, 0.15) is 57.4 Å². The molecule has 2 aromatic heterocycles. The molecule has 2 aromatic rings. The van der Waals surface area contributed by atoms with Crippen molar-refractivity contribution in [2.24, 2.45) is 18.9 Å². The van der Waals surface area contributed by atoms with Crippen molar-refractivity contribution in [2.75, 3.05) is 17.7 Å². The fraction of sp³-hybridized carbons (Fsp3) is 0.577. The van der Waals surface area contributed by atoms with Gasteiger partial charge in [0.25, 0.3) is 5.91 Å². The van der Waals surface area contributed by atoms with Crippen molar-refractivity contribution in [2.45, 2.75) is 70.4 Å². The first kappa shape index (κ1) is 25.7. The molecule has 0 bridgehead atoms. The number of hydrogen-bond donors (Lipinski definition) is 2. The highest BCUT2D eigenvalue weighted by molar-refractivity contribution is 6.12. The van der Waals surface area contributed by atoms with Crippen LogP contribution in [0, 0.1) is 11.8 Å². The number of imide groups is 1. The van der Waals surface area contributed by atoms with Crippen molar-refractivity contribution in [1.82, 2.24) is 25.0 Å². The predicted molar refractivity (Wildman–Crippen MR) is 137 cm³/mol. The Morgan fingerprint density at radius 2 is 1.97 bits per heavy atom. The first-order valence-electron chi connectivity index (χ1n) is 12.9. The van der Waals surface area contributed by atoms with Crippen LogP contribution in [-0.2, 0) is 23.1 Å². The minimum absolute atomic E-state index is 0.000187. The van der Waals surface area contributed by atoms with Crippen molar-refractivity contribution in [3.8, 4) is 0 Å². The summed E-state index contributed by atoms with van der Waals surface area (Å²) in [5.74, 6) is -0.0131. The van der Waals surface area contributed by atoms with E-state index < -0.39 is 18.0 Å². The Labute approximate surface area is 212 Å². The molecule has 10 heteroatoms. The Morgan fingerprint density at radius 1 is 1.22 bits per heavy atom. The molecule has 1 aliphatic heterocycles. The van der Waals surface area contributed by atoms with Crippen molar-refractivity contribution < 1.29 is 14.4 Å². The fourth-order valence-corrected chi connectivity index (χ4v) is 5.64. The third kappa shape index (κ3) is 5.22. The maximum Gasteiger partial charge on any atom is 0.325 e. The first-order chi connectivity index (χ1) is 17.3. The van der Waals surface area contributed by atoms with Crippen LogP contribution in [0.5, 0.6) is 0 Å². The van der Waals surface area contributed by atoms with E-state index >= 15 is 0 Å². The number of pyridine rings is 1. The fourth-order valence-electron chi connectivity index (χ4n) is 5.64. The number of amides is 4. The molecular formula is C26H37N7O3. The number of aromatic nitrogens is 3. The van der Waals surface area contributed by atoms with Gasteiger partial charge in [-0.1, -0.05) is 32.6 Å². The van der Waals surface area contributed by atoms with Crippen molar-refractivity contribution in [1.29, 1.82) is 0 Å². The number of hydrogen-bond acceptors (Lipinski definition) is 6. The van der Waals surface area contributed by atoms with Gasteiger partial charge in [-0.3, -0.25) is 24.1 Å². The lowest BCUT2D eigenvalue weighted by Crippen LogP contribution is -2.71. The second-order valence-corrected chi connectivity index (χ2v) is 10.0. The number of β-lactam (4-membered cyclic amide) rings is 1. The molecule has 3 atom stereocenters. The Hall–Kier alpha value is -3.43. The number of likely N-dealkylation sites (N-methyl/N-ethyl adjacent to an activating group) is 1. The first-order valence-corrected chi connectivity index (χ1v) is 12.9. The number of likely N-dealkylation sites (tertiary alicyclic amines) is 1. The third-order valence-corrected chi connectivity index (χ3v) is 7.58. The Bertz CT molecular complexity index is 1090. The molecule has 0 aromatic carbocycles. The largest absolute Gasteiger partial charge is 0.384 e. The molecule has 0 radical (unpaired) electrons. The van der Waals surface area contributed by atoms with Crippen LogP contribution in [0.25, 0.3) is 0 Å². The van der Waals surface area contributed by atoms with Crippen molar-refractivity contribution in [3.05, 3.63) is 36.2 Å². The van der Waals surface area contributed by atoms with Gasteiger partial charge in [0, 0.05) is 32.4 Å². The molecule has 3 N–H and O–H groups in total. The summed E-state index contributed by atoms with van der Waals surface area (Å²) in [6, 6.07) is 3.80. The van der Waals surface area contributed by atoms with E-state index in [1.54, 1.807) is 49.4 Å². The summed E-state index contributed by atoms with van der Waals surface area (Å²) in [4.78, 5) is 47.1. The summed E-state index contributed by atoms with van der Waals surface area (Å²) in [5, 5.41) is 7.27. The summed E-state index contributed by atoms with van der Waals surface area (Å²) in [6.45, 7) is 2.10. The number of nitrogen functional groups attached to an aromatic ring is 1. The molecule has 4 amide bonds. The number of rotatable bonds is 8. The smallest absolute Gasteiger partial charge is 0.325 e. The monoisotopic (exact) mass is 495 g/mol. The zero-order valence-electron chi connectivity index (χ0n) is 21.4. The highest BCUT2D eigenvalue weighted by Crippen LogP contribution is 2.34. The molecule has 36 heavy (non-hydrogen) atoms. The van der Waals surface area contributed by atoms with Gasteiger partial charge in [-0.25, -0.2) is 9.78 Å². The molecule has 0 unspecified atom stereocenters. The zero-order chi connectivity index (χ0) is 25.8. The number of nitrogens with two attached hydrogens (primary N) is 1. The number of nitrogens with zero attached hydrogens (tertiary/aromatic N) is 5. The lowest BCUT2D eigenvalue weighted by molar-refractivity contribution is -0.156. The van der Waals surface area contributed by atoms with E-state index in [0.29, 0.717) is 24.0 Å². The highest BCUT2D eigenvalue weighted by Gasteiger charge is 2.55. The Morgan fingerprint density at radius 3 is 2.61 bits per heavy atom. The van der Waals surface area contributed by atoms with Crippen LogP contribution < -0.4 is 16.0 Å². The average Bonchev–Trinajstić information content (AvgIpc) is 3.30. The summed E-state index contributed by atoms with van der Waals surface area (Å²) in [6.07, 6.45) is 11.0. The number of nitrogens with one attached hydrogen (secondary N) is 1. The number of carbonyl (C=O) groups excluding carboxylic acids is 3. The average molecular weight is 496 g/mol. The van der Waals surface area contributed by atoms with Gasteiger partial charge in [0.05, 0.1) is 12.1 Å². The maximum atomic E-state index is 13.7. The van der Waals surface area contributed by atoms with Gasteiger partial charge < -0.3 is 11.1 Å². The van der Waals surface area contributed by atoms with Gasteiger partial charge in [0.1, 0.15) is 17.7 Å². The van der Waals surface area contributed by atoms with E-state index in [0.717, 1.165) is 49.0 Å².